The number of hydrogen-bond donors (Lipinski definition) is 8. The predicted octanol–water partition coefficient (Wildman–Crippen LogP) is -2.95. The maximum atomic E-state index is 11.6. The third kappa shape index (κ3) is 16.0. The van der Waals surface area contributed by atoms with Crippen LogP contribution in [0.15, 0.2) is 0 Å². The summed E-state index contributed by atoms with van der Waals surface area (Å²) in [5.41, 5.74) is 0. The van der Waals surface area contributed by atoms with Gasteiger partial charge in [0.15, 0.2) is 6.29 Å². The fourth-order valence-corrected chi connectivity index (χ4v) is 5.59. The van der Waals surface area contributed by atoms with E-state index in [1.807, 2.05) is 6.92 Å². The molecular formula is C31H58N2O15. The third-order valence-corrected chi connectivity index (χ3v) is 8.07. The van der Waals surface area contributed by atoms with Crippen molar-refractivity contribution in [3.63, 3.8) is 0 Å². The summed E-state index contributed by atoms with van der Waals surface area (Å²) in [5.74, 6) is -1.06. The molecule has 2 aliphatic rings. The second-order valence-electron chi connectivity index (χ2n) is 12.4. The average Bonchev–Trinajstić information content (AvgIpc) is 3.22. The highest BCUT2D eigenvalue weighted by Crippen LogP contribution is 2.27. The van der Waals surface area contributed by atoms with Gasteiger partial charge in [0.2, 0.25) is 11.8 Å². The van der Waals surface area contributed by atoms with E-state index in [4.69, 9.17) is 33.2 Å². The number of aliphatic hydroxyl groups excluding tert-OH is 6. The Labute approximate surface area is 282 Å². The first kappa shape index (κ1) is 42.6. The second-order valence-corrected chi connectivity index (χ2v) is 12.4. The largest absolute Gasteiger partial charge is 0.396 e. The molecule has 7 unspecified atom stereocenters. The molecule has 8 N–H and O–H groups in total. The monoisotopic (exact) mass is 698 g/mol. The Morgan fingerprint density at radius 2 is 1.19 bits per heavy atom. The van der Waals surface area contributed by atoms with Crippen molar-refractivity contribution in [1.82, 2.24) is 10.6 Å². The van der Waals surface area contributed by atoms with Crippen molar-refractivity contribution in [2.24, 2.45) is 11.8 Å². The molecule has 282 valence electrons. The molecule has 0 bridgehead atoms. The Hall–Kier alpha value is -1.58. The standard InChI is InChI=1S/C31H58N2O15/c1-19(17-44-6-4-42-8-10-46-27-12-22(15-34)29(40)25(38)13-23(27)32-20(2)36)18-45-7-5-43-9-11-47-31-24(33-21(3)37)14-26(39)30(41)28(16-35)48-31/h19,22-31,34-35,38-41H,4-18H2,1-3H3,(H,32,36)(H,33,37)/t19?,22?,23?,24?,25?,26?,27-,28?,29+,30-,31-/m1/s1. The number of amides is 2. The number of carbonyl (C=O) groups excluding carboxylic acids is 2. The smallest absolute Gasteiger partial charge is 0.217 e. The molecule has 1 saturated carbocycles. The highest BCUT2D eigenvalue weighted by atomic mass is 16.7. The zero-order chi connectivity index (χ0) is 35.5. The molecule has 0 aromatic heterocycles. The summed E-state index contributed by atoms with van der Waals surface area (Å²) < 4.78 is 39.6. The lowest BCUT2D eigenvalue weighted by Gasteiger charge is -2.27. The van der Waals surface area contributed by atoms with Crippen LogP contribution >= 0.6 is 0 Å². The van der Waals surface area contributed by atoms with Crippen molar-refractivity contribution in [3.05, 3.63) is 0 Å². The summed E-state index contributed by atoms with van der Waals surface area (Å²) in [7, 11) is 0. The minimum absolute atomic E-state index is 0.00350. The molecular weight excluding hydrogens is 640 g/mol. The minimum atomic E-state index is -1.32. The van der Waals surface area contributed by atoms with E-state index in [9.17, 15) is 40.2 Å². The maximum Gasteiger partial charge on any atom is 0.217 e. The molecule has 2 fully saturated rings. The molecule has 1 aliphatic heterocycles. The van der Waals surface area contributed by atoms with Crippen LogP contribution in [0.25, 0.3) is 0 Å². The number of hydrogen-bond acceptors (Lipinski definition) is 15. The van der Waals surface area contributed by atoms with Gasteiger partial charge in [-0.25, -0.2) is 0 Å². The molecule has 2 amide bonds. The Kier molecular flexibility index (Phi) is 21.1. The summed E-state index contributed by atoms with van der Waals surface area (Å²) in [4.78, 5) is 23.2. The van der Waals surface area contributed by atoms with Crippen LogP contribution in [-0.4, -0.2) is 177 Å². The van der Waals surface area contributed by atoms with Gasteiger partial charge in [0.1, 0.15) is 12.2 Å². The van der Waals surface area contributed by atoms with Crippen LogP contribution < -0.4 is 10.6 Å². The fourth-order valence-electron chi connectivity index (χ4n) is 5.59. The highest BCUT2D eigenvalue weighted by Gasteiger charge is 2.40. The van der Waals surface area contributed by atoms with Crippen molar-refractivity contribution in [2.45, 2.75) is 95.0 Å². The zero-order valence-corrected chi connectivity index (χ0v) is 28.3. The van der Waals surface area contributed by atoms with Gasteiger partial charge in [0, 0.05) is 38.7 Å². The van der Waals surface area contributed by atoms with E-state index in [2.05, 4.69) is 10.6 Å². The van der Waals surface area contributed by atoms with E-state index in [0.717, 1.165) is 0 Å². The Bertz CT molecular complexity index is 821. The first-order chi connectivity index (χ1) is 23.0. The van der Waals surface area contributed by atoms with Crippen LogP contribution in [0.4, 0.5) is 0 Å². The van der Waals surface area contributed by atoms with Gasteiger partial charge in [-0.15, -0.1) is 0 Å². The van der Waals surface area contributed by atoms with Gasteiger partial charge in [0.25, 0.3) is 0 Å². The van der Waals surface area contributed by atoms with Crippen LogP contribution in [0.1, 0.15) is 40.0 Å². The van der Waals surface area contributed by atoms with E-state index in [1.165, 1.54) is 13.8 Å². The van der Waals surface area contributed by atoms with E-state index < -0.39 is 67.5 Å². The van der Waals surface area contributed by atoms with Crippen LogP contribution in [0, 0.1) is 11.8 Å². The minimum Gasteiger partial charge on any atom is -0.396 e. The van der Waals surface area contributed by atoms with Gasteiger partial charge in [-0.1, -0.05) is 6.92 Å². The van der Waals surface area contributed by atoms with Crippen molar-refractivity contribution < 1.29 is 73.4 Å². The number of nitrogens with one attached hydrogen (secondary N) is 2. The van der Waals surface area contributed by atoms with E-state index in [-0.39, 0.29) is 70.0 Å². The fraction of sp³-hybridized carbons (Fsp3) is 0.935. The van der Waals surface area contributed by atoms with Crippen LogP contribution in [0.5, 0.6) is 0 Å². The lowest BCUT2D eigenvalue weighted by Crippen LogP contribution is -2.46. The quantitative estimate of drug-likeness (QED) is 0.0416. The maximum absolute atomic E-state index is 11.6. The molecule has 0 spiro atoms. The SMILES string of the molecule is CC(=O)NC1CC(O)[C@@H](O)C(CO)O[C@H]1OCCOCCOCC(C)COCCOCCO[C@@H]1CC(CO)[C@H](O)C(O)CC1NC(C)=O. The Morgan fingerprint density at radius 1 is 0.688 bits per heavy atom. The van der Waals surface area contributed by atoms with Crippen LogP contribution in [0.3, 0.4) is 0 Å². The Balaban J connectivity index is 1.51. The van der Waals surface area contributed by atoms with Gasteiger partial charge in [-0.05, 0) is 12.8 Å². The van der Waals surface area contributed by atoms with Gasteiger partial charge in [0.05, 0.1) is 109 Å². The Morgan fingerprint density at radius 3 is 1.75 bits per heavy atom. The molecule has 1 saturated heterocycles. The summed E-state index contributed by atoms with van der Waals surface area (Å²) >= 11 is 0. The van der Waals surface area contributed by atoms with Gasteiger partial charge >= 0.3 is 0 Å². The number of rotatable bonds is 22. The topological polar surface area (TPSA) is 244 Å². The molecule has 11 atom stereocenters. The normalized spacial score (nSPS) is 31.9. The lowest BCUT2D eigenvalue weighted by atomic mass is 9.96. The lowest BCUT2D eigenvalue weighted by molar-refractivity contribution is -0.208. The van der Waals surface area contributed by atoms with E-state index in [1.54, 1.807) is 0 Å². The van der Waals surface area contributed by atoms with E-state index >= 15 is 0 Å². The average molecular weight is 699 g/mol. The van der Waals surface area contributed by atoms with Crippen LogP contribution in [-0.2, 0) is 42.7 Å². The predicted molar refractivity (Wildman–Crippen MR) is 168 cm³/mol. The molecule has 17 nitrogen and oxygen atoms in total. The molecule has 2 rings (SSSR count). The highest BCUT2D eigenvalue weighted by molar-refractivity contribution is 5.73. The van der Waals surface area contributed by atoms with E-state index in [0.29, 0.717) is 39.6 Å². The molecule has 0 aromatic rings. The third-order valence-electron chi connectivity index (χ3n) is 8.07. The summed E-state index contributed by atoms with van der Waals surface area (Å²) in [6.45, 7) is 7.01. The molecule has 1 aliphatic carbocycles. The number of aliphatic hydroxyl groups is 6. The summed E-state index contributed by atoms with van der Waals surface area (Å²) in [5, 5.41) is 65.3. The molecule has 0 aromatic carbocycles. The first-order valence-corrected chi connectivity index (χ1v) is 16.6. The van der Waals surface area contributed by atoms with Gasteiger partial charge < -0.3 is 74.4 Å². The van der Waals surface area contributed by atoms with Crippen molar-refractivity contribution in [1.29, 1.82) is 0 Å². The second kappa shape index (κ2) is 23.8. The molecule has 48 heavy (non-hydrogen) atoms. The molecule has 1 heterocycles. The molecule has 17 heteroatoms. The number of carbonyl (C=O) groups is 2. The van der Waals surface area contributed by atoms with Crippen molar-refractivity contribution >= 4 is 11.8 Å². The first-order valence-electron chi connectivity index (χ1n) is 16.6. The number of ether oxygens (including phenoxy) is 7. The van der Waals surface area contributed by atoms with Crippen molar-refractivity contribution in [3.8, 4) is 0 Å². The summed E-state index contributed by atoms with van der Waals surface area (Å²) in [6.07, 6.45) is -6.84. The van der Waals surface area contributed by atoms with Gasteiger partial charge in [-0.3, -0.25) is 9.59 Å². The van der Waals surface area contributed by atoms with Crippen molar-refractivity contribution in [2.75, 3.05) is 79.3 Å². The molecule has 0 radical (unpaired) electrons. The van der Waals surface area contributed by atoms with Crippen LogP contribution in [0.2, 0.25) is 0 Å². The summed E-state index contributed by atoms with van der Waals surface area (Å²) in [6, 6.07) is -1.21. The van der Waals surface area contributed by atoms with Gasteiger partial charge in [-0.2, -0.15) is 0 Å². The zero-order valence-electron chi connectivity index (χ0n) is 28.3.